The molecule has 2 unspecified atom stereocenters. The van der Waals surface area contributed by atoms with Crippen molar-refractivity contribution < 1.29 is 0 Å². The van der Waals surface area contributed by atoms with E-state index in [4.69, 9.17) is 6.42 Å². The van der Waals surface area contributed by atoms with Crippen molar-refractivity contribution in [2.45, 2.75) is 51.1 Å². The monoisotopic (exact) mass is 194 g/mol. The van der Waals surface area contributed by atoms with Crippen LogP contribution in [0.3, 0.4) is 0 Å². The zero-order chi connectivity index (χ0) is 10.2. The molecule has 1 fully saturated rings. The highest BCUT2D eigenvalue weighted by Crippen LogP contribution is 2.11. The van der Waals surface area contributed by atoms with Gasteiger partial charge < -0.3 is 10.6 Å². The zero-order valence-corrected chi connectivity index (χ0v) is 9.18. The molecule has 0 aromatic carbocycles. The molecule has 0 bridgehead atoms. The Balaban J connectivity index is 2.06. The molecule has 2 heteroatoms. The molecule has 1 aliphatic heterocycles. The number of hydrogen-bond acceptors (Lipinski definition) is 2. The van der Waals surface area contributed by atoms with Crippen molar-refractivity contribution >= 4 is 0 Å². The van der Waals surface area contributed by atoms with Crippen molar-refractivity contribution in [2.75, 3.05) is 13.1 Å². The van der Waals surface area contributed by atoms with Crippen LogP contribution in [0.1, 0.15) is 39.0 Å². The fraction of sp³-hybridized carbons (Fsp3) is 0.833. The quantitative estimate of drug-likeness (QED) is 0.512. The molecule has 0 amide bonds. The van der Waals surface area contributed by atoms with E-state index in [1.807, 2.05) is 0 Å². The van der Waals surface area contributed by atoms with E-state index in [1.54, 1.807) is 0 Å². The lowest BCUT2D eigenvalue weighted by molar-refractivity contribution is 0.346. The SMILES string of the molecule is C#CCCNC(C)CC1CCCCN1. The zero-order valence-electron chi connectivity index (χ0n) is 9.18. The van der Waals surface area contributed by atoms with Crippen LogP contribution < -0.4 is 10.6 Å². The summed E-state index contributed by atoms with van der Waals surface area (Å²) in [5.41, 5.74) is 0. The predicted molar refractivity (Wildman–Crippen MR) is 61.2 cm³/mol. The number of rotatable bonds is 5. The van der Waals surface area contributed by atoms with E-state index < -0.39 is 0 Å². The summed E-state index contributed by atoms with van der Waals surface area (Å²) < 4.78 is 0. The number of terminal acetylenes is 1. The summed E-state index contributed by atoms with van der Waals surface area (Å²) in [5, 5.41) is 7.01. The normalized spacial score (nSPS) is 24.1. The summed E-state index contributed by atoms with van der Waals surface area (Å²) in [6.07, 6.45) is 11.3. The van der Waals surface area contributed by atoms with Gasteiger partial charge in [-0.25, -0.2) is 0 Å². The van der Waals surface area contributed by atoms with Crippen molar-refractivity contribution in [3.05, 3.63) is 0 Å². The third-order valence-electron chi connectivity index (χ3n) is 2.81. The van der Waals surface area contributed by atoms with Crippen molar-refractivity contribution in [3.8, 4) is 12.3 Å². The van der Waals surface area contributed by atoms with E-state index >= 15 is 0 Å². The highest BCUT2D eigenvalue weighted by atomic mass is 14.9. The molecule has 0 saturated carbocycles. The van der Waals surface area contributed by atoms with Gasteiger partial charge in [0.25, 0.3) is 0 Å². The first-order chi connectivity index (χ1) is 6.83. The van der Waals surface area contributed by atoms with E-state index in [9.17, 15) is 0 Å². The van der Waals surface area contributed by atoms with Gasteiger partial charge in [0, 0.05) is 25.0 Å². The fourth-order valence-electron chi connectivity index (χ4n) is 2.03. The first-order valence-corrected chi connectivity index (χ1v) is 5.73. The van der Waals surface area contributed by atoms with E-state index in [0.717, 1.165) is 19.0 Å². The summed E-state index contributed by atoms with van der Waals surface area (Å²) in [5.74, 6) is 2.65. The number of piperidine rings is 1. The minimum Gasteiger partial charge on any atom is -0.314 e. The van der Waals surface area contributed by atoms with Crippen LogP contribution in [0.25, 0.3) is 0 Å². The second-order valence-corrected chi connectivity index (χ2v) is 4.19. The molecule has 1 aliphatic rings. The Labute approximate surface area is 87.8 Å². The summed E-state index contributed by atoms with van der Waals surface area (Å²) in [7, 11) is 0. The van der Waals surface area contributed by atoms with Gasteiger partial charge in [-0.2, -0.15) is 0 Å². The van der Waals surface area contributed by atoms with Gasteiger partial charge in [-0.1, -0.05) is 6.42 Å². The molecule has 2 atom stereocenters. The van der Waals surface area contributed by atoms with E-state index in [-0.39, 0.29) is 0 Å². The maximum atomic E-state index is 5.20. The maximum absolute atomic E-state index is 5.20. The Morgan fingerprint density at radius 2 is 2.43 bits per heavy atom. The molecular formula is C12H22N2. The predicted octanol–water partition coefficient (Wildman–Crippen LogP) is 1.52. The average Bonchev–Trinajstić information content (AvgIpc) is 2.20. The molecular weight excluding hydrogens is 172 g/mol. The minimum absolute atomic E-state index is 0.582. The lowest BCUT2D eigenvalue weighted by Crippen LogP contribution is -2.40. The van der Waals surface area contributed by atoms with E-state index in [0.29, 0.717) is 6.04 Å². The molecule has 0 aliphatic carbocycles. The summed E-state index contributed by atoms with van der Waals surface area (Å²) in [6.45, 7) is 4.39. The van der Waals surface area contributed by atoms with Crippen LogP contribution in [0, 0.1) is 12.3 Å². The summed E-state index contributed by atoms with van der Waals surface area (Å²) in [6, 6.07) is 1.30. The third kappa shape index (κ3) is 4.64. The molecule has 0 radical (unpaired) electrons. The van der Waals surface area contributed by atoms with Crippen molar-refractivity contribution in [1.82, 2.24) is 10.6 Å². The molecule has 1 rings (SSSR count). The third-order valence-corrected chi connectivity index (χ3v) is 2.81. The lowest BCUT2D eigenvalue weighted by Gasteiger charge is -2.26. The second kappa shape index (κ2) is 6.86. The van der Waals surface area contributed by atoms with Gasteiger partial charge in [0.15, 0.2) is 0 Å². The van der Waals surface area contributed by atoms with Crippen LogP contribution in [0.4, 0.5) is 0 Å². The topological polar surface area (TPSA) is 24.1 Å². The standard InChI is InChI=1S/C12H22N2/c1-3-4-8-13-11(2)10-12-7-5-6-9-14-12/h1,11-14H,4-10H2,2H3. The van der Waals surface area contributed by atoms with Gasteiger partial charge in [0.1, 0.15) is 0 Å². The molecule has 2 N–H and O–H groups in total. The number of hydrogen-bond donors (Lipinski definition) is 2. The van der Waals surface area contributed by atoms with Gasteiger partial charge in [-0.3, -0.25) is 0 Å². The molecule has 14 heavy (non-hydrogen) atoms. The smallest absolute Gasteiger partial charge is 0.0211 e. The highest BCUT2D eigenvalue weighted by Gasteiger charge is 2.14. The van der Waals surface area contributed by atoms with Gasteiger partial charge in [0.05, 0.1) is 0 Å². The average molecular weight is 194 g/mol. The first-order valence-electron chi connectivity index (χ1n) is 5.73. The molecule has 1 saturated heterocycles. The minimum atomic E-state index is 0.582. The molecule has 1 heterocycles. The van der Waals surface area contributed by atoms with E-state index in [2.05, 4.69) is 23.5 Å². The summed E-state index contributed by atoms with van der Waals surface area (Å²) in [4.78, 5) is 0. The van der Waals surface area contributed by atoms with Crippen LogP contribution in [0.15, 0.2) is 0 Å². The van der Waals surface area contributed by atoms with Gasteiger partial charge in [-0.05, 0) is 32.7 Å². The van der Waals surface area contributed by atoms with Gasteiger partial charge >= 0.3 is 0 Å². The van der Waals surface area contributed by atoms with Crippen LogP contribution >= 0.6 is 0 Å². The fourth-order valence-corrected chi connectivity index (χ4v) is 2.03. The second-order valence-electron chi connectivity index (χ2n) is 4.19. The molecule has 0 spiro atoms. The molecule has 0 aromatic heterocycles. The molecule has 2 nitrogen and oxygen atoms in total. The van der Waals surface area contributed by atoms with Crippen molar-refractivity contribution in [1.29, 1.82) is 0 Å². The Bertz CT molecular complexity index is 177. The van der Waals surface area contributed by atoms with Crippen LogP contribution in [-0.4, -0.2) is 25.2 Å². The van der Waals surface area contributed by atoms with Crippen LogP contribution in [0.5, 0.6) is 0 Å². The Morgan fingerprint density at radius 1 is 1.57 bits per heavy atom. The van der Waals surface area contributed by atoms with Crippen LogP contribution in [-0.2, 0) is 0 Å². The summed E-state index contributed by atoms with van der Waals surface area (Å²) >= 11 is 0. The van der Waals surface area contributed by atoms with Crippen LogP contribution in [0.2, 0.25) is 0 Å². The Morgan fingerprint density at radius 3 is 3.07 bits per heavy atom. The van der Waals surface area contributed by atoms with Gasteiger partial charge in [-0.15, -0.1) is 12.3 Å². The number of nitrogens with one attached hydrogen (secondary N) is 2. The Hall–Kier alpha value is -0.520. The lowest BCUT2D eigenvalue weighted by atomic mass is 9.99. The molecule has 0 aromatic rings. The van der Waals surface area contributed by atoms with Gasteiger partial charge in [0.2, 0.25) is 0 Å². The first kappa shape index (κ1) is 11.6. The van der Waals surface area contributed by atoms with E-state index in [1.165, 1.54) is 32.2 Å². The maximum Gasteiger partial charge on any atom is 0.0211 e. The largest absolute Gasteiger partial charge is 0.314 e. The highest BCUT2D eigenvalue weighted by molar-refractivity contribution is 4.85. The van der Waals surface area contributed by atoms with Crippen molar-refractivity contribution in [2.24, 2.45) is 0 Å². The van der Waals surface area contributed by atoms with Crippen molar-refractivity contribution in [3.63, 3.8) is 0 Å². The Kier molecular flexibility index (Phi) is 5.66. The molecule has 80 valence electrons.